The molecule has 5 nitrogen and oxygen atoms in total. The van der Waals surface area contributed by atoms with Crippen LogP contribution in [0.15, 0.2) is 12.3 Å². The molecule has 5 heteroatoms. The van der Waals surface area contributed by atoms with Gasteiger partial charge in [-0.1, -0.05) is 0 Å². The number of nitrogen functional groups attached to an aromatic ring is 1. The van der Waals surface area contributed by atoms with E-state index < -0.39 is 0 Å². The summed E-state index contributed by atoms with van der Waals surface area (Å²) in [4.78, 5) is 3.91. The van der Waals surface area contributed by atoms with E-state index in [0.29, 0.717) is 18.7 Å². The topological polar surface area (TPSA) is 84.0 Å². The van der Waals surface area contributed by atoms with E-state index in [0.717, 1.165) is 18.5 Å². The zero-order valence-corrected chi connectivity index (χ0v) is 10.6. The van der Waals surface area contributed by atoms with Gasteiger partial charge in [-0.05, 0) is 32.3 Å². The molecule has 3 N–H and O–H groups in total. The van der Waals surface area contributed by atoms with Gasteiger partial charge in [0.05, 0.1) is 11.3 Å². The minimum absolute atomic E-state index is 0.0699. The fraction of sp³-hybridized carbons (Fsp3) is 0.538. The third-order valence-corrected chi connectivity index (χ3v) is 3.41. The number of rotatable bonds is 5. The number of nitrogens with two attached hydrogens (primary N) is 1. The monoisotopic (exact) mass is 246 g/mol. The fourth-order valence-corrected chi connectivity index (χ4v) is 2.25. The van der Waals surface area contributed by atoms with Gasteiger partial charge in [0.1, 0.15) is 17.5 Å². The van der Waals surface area contributed by atoms with Crippen LogP contribution in [0.1, 0.15) is 31.7 Å². The molecule has 1 aromatic heterocycles. The van der Waals surface area contributed by atoms with E-state index in [9.17, 15) is 0 Å². The Hall–Kier alpha value is -1.80. The van der Waals surface area contributed by atoms with E-state index in [-0.39, 0.29) is 11.4 Å². The van der Waals surface area contributed by atoms with Crippen molar-refractivity contribution < 1.29 is 4.74 Å². The first kappa shape index (κ1) is 12.7. The zero-order valence-electron chi connectivity index (χ0n) is 10.6. The Morgan fingerprint density at radius 2 is 2.39 bits per heavy atom. The molecule has 0 saturated heterocycles. The van der Waals surface area contributed by atoms with Gasteiger partial charge in [-0.25, -0.2) is 4.98 Å². The highest BCUT2D eigenvalue weighted by molar-refractivity contribution is 5.66. The molecule has 1 saturated carbocycles. The summed E-state index contributed by atoms with van der Waals surface area (Å²) in [5.74, 6) is 0.265. The molecule has 1 fully saturated rings. The van der Waals surface area contributed by atoms with Crippen LogP contribution in [0.5, 0.6) is 0 Å². The first-order valence-corrected chi connectivity index (χ1v) is 6.23. The standard InChI is InChI=1S/C13H18N4O/c1-2-18-13(5-3-6-13)9-17-11-4-7-16-12(15)10(11)8-14/h4,7H,2-3,5-6,9H2,1H3,(H3,15,16,17). The highest BCUT2D eigenvalue weighted by Crippen LogP contribution is 2.36. The molecule has 2 rings (SSSR count). The summed E-state index contributed by atoms with van der Waals surface area (Å²) in [5.41, 5.74) is 6.74. The molecule has 0 unspecified atom stereocenters. The summed E-state index contributed by atoms with van der Waals surface area (Å²) in [7, 11) is 0. The van der Waals surface area contributed by atoms with Gasteiger partial charge in [0, 0.05) is 19.3 Å². The second-order valence-corrected chi connectivity index (χ2v) is 4.55. The highest BCUT2D eigenvalue weighted by Gasteiger charge is 2.37. The molecular weight excluding hydrogens is 228 g/mol. The molecule has 0 amide bonds. The summed E-state index contributed by atoms with van der Waals surface area (Å²) in [5, 5.41) is 12.3. The molecule has 0 spiro atoms. The van der Waals surface area contributed by atoms with E-state index >= 15 is 0 Å². The van der Waals surface area contributed by atoms with Gasteiger partial charge >= 0.3 is 0 Å². The molecule has 0 atom stereocenters. The largest absolute Gasteiger partial charge is 0.383 e. The summed E-state index contributed by atoms with van der Waals surface area (Å²) >= 11 is 0. The summed E-state index contributed by atoms with van der Waals surface area (Å²) in [6.45, 7) is 3.43. The Bertz CT molecular complexity index is 463. The molecule has 0 bridgehead atoms. The fourth-order valence-electron chi connectivity index (χ4n) is 2.25. The molecule has 0 aromatic carbocycles. The number of nitriles is 1. The average molecular weight is 246 g/mol. The van der Waals surface area contributed by atoms with Crippen LogP contribution in [-0.4, -0.2) is 23.7 Å². The molecule has 1 heterocycles. The second-order valence-electron chi connectivity index (χ2n) is 4.55. The van der Waals surface area contributed by atoms with Gasteiger partial charge in [-0.3, -0.25) is 0 Å². The molecule has 0 aliphatic heterocycles. The second kappa shape index (κ2) is 5.23. The quantitative estimate of drug-likeness (QED) is 0.829. The van der Waals surface area contributed by atoms with Crippen molar-refractivity contribution in [3.63, 3.8) is 0 Å². The lowest BCUT2D eigenvalue weighted by molar-refractivity contribution is -0.0839. The Morgan fingerprint density at radius 3 is 2.94 bits per heavy atom. The van der Waals surface area contributed by atoms with Gasteiger partial charge in [-0.15, -0.1) is 0 Å². The van der Waals surface area contributed by atoms with Gasteiger partial charge in [0.2, 0.25) is 0 Å². The van der Waals surface area contributed by atoms with Crippen LogP contribution in [0.2, 0.25) is 0 Å². The number of ether oxygens (including phenoxy) is 1. The first-order valence-electron chi connectivity index (χ1n) is 6.23. The predicted molar refractivity (Wildman–Crippen MR) is 70.1 cm³/mol. The minimum atomic E-state index is -0.0699. The number of nitrogens with zero attached hydrogens (tertiary/aromatic N) is 2. The Balaban J connectivity index is 2.06. The van der Waals surface area contributed by atoms with Crippen LogP contribution in [0.4, 0.5) is 11.5 Å². The van der Waals surface area contributed by atoms with E-state index in [1.165, 1.54) is 6.42 Å². The number of pyridine rings is 1. The molecule has 96 valence electrons. The van der Waals surface area contributed by atoms with Crippen LogP contribution in [0, 0.1) is 11.3 Å². The number of nitrogens with one attached hydrogen (secondary N) is 1. The van der Waals surface area contributed by atoms with Crippen molar-refractivity contribution in [2.24, 2.45) is 0 Å². The summed E-state index contributed by atoms with van der Waals surface area (Å²) in [6.07, 6.45) is 4.94. The van der Waals surface area contributed by atoms with E-state index in [1.807, 2.05) is 6.92 Å². The lowest BCUT2D eigenvalue weighted by atomic mass is 9.80. The third-order valence-electron chi connectivity index (χ3n) is 3.41. The SMILES string of the molecule is CCOC1(CNc2ccnc(N)c2C#N)CCC1. The van der Waals surface area contributed by atoms with Gasteiger partial charge in [-0.2, -0.15) is 5.26 Å². The molecule has 18 heavy (non-hydrogen) atoms. The maximum atomic E-state index is 9.06. The predicted octanol–water partition coefficient (Wildman–Crippen LogP) is 1.91. The Labute approximate surface area is 107 Å². The normalized spacial score (nSPS) is 16.7. The van der Waals surface area contributed by atoms with Crippen molar-refractivity contribution in [1.82, 2.24) is 4.98 Å². The van der Waals surface area contributed by atoms with Crippen molar-refractivity contribution in [1.29, 1.82) is 5.26 Å². The Morgan fingerprint density at radius 1 is 1.61 bits per heavy atom. The maximum Gasteiger partial charge on any atom is 0.143 e. The molecule has 0 radical (unpaired) electrons. The van der Waals surface area contributed by atoms with Gasteiger partial charge in [0.15, 0.2) is 0 Å². The summed E-state index contributed by atoms with van der Waals surface area (Å²) in [6, 6.07) is 3.85. The van der Waals surface area contributed by atoms with Crippen molar-refractivity contribution >= 4 is 11.5 Å². The lowest BCUT2D eigenvalue weighted by Gasteiger charge is -2.41. The summed E-state index contributed by atoms with van der Waals surface area (Å²) < 4.78 is 5.80. The third kappa shape index (κ3) is 2.39. The van der Waals surface area contributed by atoms with Crippen LogP contribution in [-0.2, 0) is 4.74 Å². The molecule has 1 aliphatic carbocycles. The van der Waals surface area contributed by atoms with Gasteiger partial charge < -0.3 is 15.8 Å². The molecule has 1 aliphatic rings. The van der Waals surface area contributed by atoms with Crippen molar-refractivity contribution in [2.45, 2.75) is 31.8 Å². The van der Waals surface area contributed by atoms with E-state index in [4.69, 9.17) is 15.7 Å². The number of hydrogen-bond donors (Lipinski definition) is 2. The minimum Gasteiger partial charge on any atom is -0.383 e. The average Bonchev–Trinajstić information content (AvgIpc) is 2.32. The van der Waals surface area contributed by atoms with Crippen molar-refractivity contribution in [3.05, 3.63) is 17.8 Å². The highest BCUT2D eigenvalue weighted by atomic mass is 16.5. The lowest BCUT2D eigenvalue weighted by Crippen LogP contribution is -2.46. The number of hydrogen-bond acceptors (Lipinski definition) is 5. The zero-order chi connectivity index (χ0) is 13.0. The van der Waals surface area contributed by atoms with Crippen molar-refractivity contribution in [2.75, 3.05) is 24.2 Å². The molecular formula is C13H18N4O. The van der Waals surface area contributed by atoms with Crippen LogP contribution in [0.25, 0.3) is 0 Å². The smallest absolute Gasteiger partial charge is 0.143 e. The maximum absolute atomic E-state index is 9.06. The first-order chi connectivity index (χ1) is 8.71. The number of anilines is 2. The number of aromatic nitrogens is 1. The van der Waals surface area contributed by atoms with Crippen molar-refractivity contribution in [3.8, 4) is 6.07 Å². The van der Waals surface area contributed by atoms with Crippen LogP contribution < -0.4 is 11.1 Å². The Kier molecular flexibility index (Phi) is 3.68. The molecule has 1 aromatic rings. The van der Waals surface area contributed by atoms with E-state index in [1.54, 1.807) is 12.3 Å². The van der Waals surface area contributed by atoms with Gasteiger partial charge in [0.25, 0.3) is 0 Å². The van der Waals surface area contributed by atoms with Crippen LogP contribution >= 0.6 is 0 Å². The van der Waals surface area contributed by atoms with E-state index in [2.05, 4.69) is 16.4 Å². The van der Waals surface area contributed by atoms with Crippen LogP contribution in [0.3, 0.4) is 0 Å².